The SMILES string of the molecule is CC1(c2cccc(Cl)c2)CC1N. The fraction of sp³-hybridized carbons (Fsp3) is 0.400. The van der Waals surface area contributed by atoms with Crippen LogP contribution in [0.25, 0.3) is 0 Å². The summed E-state index contributed by atoms with van der Waals surface area (Å²) < 4.78 is 0. The van der Waals surface area contributed by atoms with Crippen LogP contribution in [0.1, 0.15) is 18.9 Å². The van der Waals surface area contributed by atoms with E-state index in [0.29, 0.717) is 6.04 Å². The minimum Gasteiger partial charge on any atom is -0.327 e. The first-order valence-corrected chi connectivity index (χ1v) is 4.52. The molecule has 1 aromatic carbocycles. The van der Waals surface area contributed by atoms with Gasteiger partial charge in [-0.15, -0.1) is 0 Å². The van der Waals surface area contributed by atoms with Crippen LogP contribution in [-0.2, 0) is 5.41 Å². The molecule has 1 fully saturated rings. The molecule has 0 amide bonds. The van der Waals surface area contributed by atoms with Gasteiger partial charge in [-0.25, -0.2) is 0 Å². The van der Waals surface area contributed by atoms with Crippen LogP contribution in [0.3, 0.4) is 0 Å². The van der Waals surface area contributed by atoms with Gasteiger partial charge >= 0.3 is 0 Å². The fourth-order valence-corrected chi connectivity index (χ4v) is 1.76. The quantitative estimate of drug-likeness (QED) is 0.707. The minimum atomic E-state index is 0.185. The molecule has 12 heavy (non-hydrogen) atoms. The Morgan fingerprint density at radius 2 is 2.25 bits per heavy atom. The van der Waals surface area contributed by atoms with Crippen molar-refractivity contribution in [2.45, 2.75) is 24.8 Å². The highest BCUT2D eigenvalue weighted by atomic mass is 35.5. The Morgan fingerprint density at radius 1 is 1.58 bits per heavy atom. The van der Waals surface area contributed by atoms with Crippen molar-refractivity contribution in [2.75, 3.05) is 0 Å². The molecule has 0 heterocycles. The summed E-state index contributed by atoms with van der Waals surface area (Å²) in [6.45, 7) is 2.18. The maximum absolute atomic E-state index is 5.89. The van der Waals surface area contributed by atoms with Crippen LogP contribution in [-0.4, -0.2) is 6.04 Å². The van der Waals surface area contributed by atoms with E-state index in [-0.39, 0.29) is 5.41 Å². The number of nitrogens with two attached hydrogens (primary N) is 1. The molecule has 2 rings (SSSR count). The van der Waals surface area contributed by atoms with Crippen LogP contribution in [0.5, 0.6) is 0 Å². The van der Waals surface area contributed by atoms with Crippen LogP contribution in [0.15, 0.2) is 24.3 Å². The standard InChI is InChI=1S/C10H12ClN/c1-10(6-9(10)12)7-3-2-4-8(11)5-7/h2-5,9H,6,12H2,1H3. The predicted molar refractivity (Wildman–Crippen MR) is 51.4 cm³/mol. The Labute approximate surface area is 77.5 Å². The summed E-state index contributed by atoms with van der Waals surface area (Å²) in [5, 5.41) is 0.799. The zero-order chi connectivity index (χ0) is 8.77. The Kier molecular flexibility index (Phi) is 1.67. The lowest BCUT2D eigenvalue weighted by Crippen LogP contribution is -2.14. The Bertz CT molecular complexity index is 310. The third-order valence-corrected chi connectivity index (χ3v) is 3.02. The van der Waals surface area contributed by atoms with E-state index in [2.05, 4.69) is 13.0 Å². The van der Waals surface area contributed by atoms with Gasteiger partial charge in [-0.1, -0.05) is 30.7 Å². The molecule has 0 bridgehead atoms. The average molecular weight is 182 g/mol. The van der Waals surface area contributed by atoms with Gasteiger partial charge in [0.2, 0.25) is 0 Å². The first kappa shape index (κ1) is 8.09. The third-order valence-electron chi connectivity index (χ3n) is 2.79. The lowest BCUT2D eigenvalue weighted by Gasteiger charge is -2.09. The maximum Gasteiger partial charge on any atom is 0.0408 e. The number of hydrogen-bond donors (Lipinski definition) is 1. The maximum atomic E-state index is 5.89. The molecule has 1 aliphatic carbocycles. The molecule has 2 atom stereocenters. The number of benzene rings is 1. The van der Waals surface area contributed by atoms with Gasteiger partial charge < -0.3 is 5.73 Å². The molecule has 1 nitrogen and oxygen atoms in total. The van der Waals surface area contributed by atoms with Gasteiger partial charge in [0.15, 0.2) is 0 Å². The van der Waals surface area contributed by atoms with Gasteiger partial charge in [-0.05, 0) is 24.1 Å². The topological polar surface area (TPSA) is 26.0 Å². The highest BCUT2D eigenvalue weighted by Gasteiger charge is 2.48. The third kappa shape index (κ3) is 1.13. The molecule has 0 saturated heterocycles. The highest BCUT2D eigenvalue weighted by Crippen LogP contribution is 2.46. The Balaban J connectivity index is 2.36. The van der Waals surface area contributed by atoms with E-state index in [1.165, 1.54) is 5.56 Å². The van der Waals surface area contributed by atoms with Crippen LogP contribution >= 0.6 is 11.6 Å². The monoisotopic (exact) mass is 181 g/mol. The largest absolute Gasteiger partial charge is 0.327 e. The smallest absolute Gasteiger partial charge is 0.0408 e. The van der Waals surface area contributed by atoms with Crippen molar-refractivity contribution >= 4 is 11.6 Å². The van der Waals surface area contributed by atoms with Crippen LogP contribution < -0.4 is 5.73 Å². The second-order valence-electron chi connectivity index (χ2n) is 3.74. The summed E-state index contributed by atoms with van der Waals surface area (Å²) in [5.74, 6) is 0. The van der Waals surface area contributed by atoms with Crippen molar-refractivity contribution in [3.05, 3.63) is 34.9 Å². The van der Waals surface area contributed by atoms with E-state index in [9.17, 15) is 0 Å². The first-order chi connectivity index (χ1) is 5.63. The second kappa shape index (κ2) is 2.48. The summed E-state index contributed by atoms with van der Waals surface area (Å²) >= 11 is 5.89. The molecule has 0 radical (unpaired) electrons. The molecular weight excluding hydrogens is 170 g/mol. The fourth-order valence-electron chi connectivity index (χ4n) is 1.57. The van der Waals surface area contributed by atoms with Crippen molar-refractivity contribution < 1.29 is 0 Å². The Morgan fingerprint density at radius 3 is 2.75 bits per heavy atom. The summed E-state index contributed by atoms with van der Waals surface area (Å²) in [5.41, 5.74) is 7.29. The molecule has 0 aromatic heterocycles. The molecule has 64 valence electrons. The van der Waals surface area contributed by atoms with Crippen LogP contribution in [0.2, 0.25) is 5.02 Å². The predicted octanol–water partition coefficient (Wildman–Crippen LogP) is 2.33. The Hall–Kier alpha value is -0.530. The molecule has 2 unspecified atom stereocenters. The van der Waals surface area contributed by atoms with E-state index < -0.39 is 0 Å². The van der Waals surface area contributed by atoms with E-state index in [4.69, 9.17) is 17.3 Å². The van der Waals surface area contributed by atoms with Gasteiger partial charge in [0.25, 0.3) is 0 Å². The summed E-state index contributed by atoms with van der Waals surface area (Å²) in [6, 6.07) is 8.29. The minimum absolute atomic E-state index is 0.185. The molecule has 0 aliphatic heterocycles. The molecule has 2 heteroatoms. The van der Waals surface area contributed by atoms with Gasteiger partial charge in [0, 0.05) is 16.5 Å². The average Bonchev–Trinajstić information content (AvgIpc) is 2.61. The van der Waals surface area contributed by atoms with Crippen molar-refractivity contribution in [2.24, 2.45) is 5.73 Å². The van der Waals surface area contributed by atoms with Crippen LogP contribution in [0, 0.1) is 0 Å². The molecule has 1 saturated carbocycles. The second-order valence-corrected chi connectivity index (χ2v) is 4.17. The molecule has 0 spiro atoms. The van der Waals surface area contributed by atoms with E-state index in [1.807, 2.05) is 18.2 Å². The highest BCUT2D eigenvalue weighted by molar-refractivity contribution is 6.30. The van der Waals surface area contributed by atoms with Gasteiger partial charge in [0.1, 0.15) is 0 Å². The van der Waals surface area contributed by atoms with Crippen molar-refractivity contribution in [1.82, 2.24) is 0 Å². The van der Waals surface area contributed by atoms with Crippen LogP contribution in [0.4, 0.5) is 0 Å². The van der Waals surface area contributed by atoms with E-state index in [0.717, 1.165) is 11.4 Å². The summed E-state index contributed by atoms with van der Waals surface area (Å²) in [7, 11) is 0. The zero-order valence-electron chi connectivity index (χ0n) is 7.05. The van der Waals surface area contributed by atoms with Crippen molar-refractivity contribution in [1.29, 1.82) is 0 Å². The van der Waals surface area contributed by atoms with Gasteiger partial charge in [0.05, 0.1) is 0 Å². The summed E-state index contributed by atoms with van der Waals surface area (Å²) in [6.07, 6.45) is 1.08. The zero-order valence-corrected chi connectivity index (χ0v) is 7.81. The molecule has 1 aliphatic rings. The van der Waals surface area contributed by atoms with Crippen molar-refractivity contribution in [3.63, 3.8) is 0 Å². The van der Waals surface area contributed by atoms with Gasteiger partial charge in [-0.2, -0.15) is 0 Å². The number of hydrogen-bond acceptors (Lipinski definition) is 1. The normalized spacial score (nSPS) is 33.4. The first-order valence-electron chi connectivity index (χ1n) is 4.14. The molecular formula is C10H12ClN. The van der Waals surface area contributed by atoms with Crippen molar-refractivity contribution in [3.8, 4) is 0 Å². The lowest BCUT2D eigenvalue weighted by molar-refractivity contribution is 0.741. The number of halogens is 1. The summed E-state index contributed by atoms with van der Waals surface area (Å²) in [4.78, 5) is 0. The number of rotatable bonds is 1. The molecule has 2 N–H and O–H groups in total. The lowest BCUT2D eigenvalue weighted by atomic mass is 9.98. The van der Waals surface area contributed by atoms with E-state index in [1.54, 1.807) is 0 Å². The van der Waals surface area contributed by atoms with Gasteiger partial charge in [-0.3, -0.25) is 0 Å². The van der Waals surface area contributed by atoms with E-state index >= 15 is 0 Å². The molecule has 1 aromatic rings.